The largest absolute Gasteiger partial charge is 0.482 e. The van der Waals surface area contributed by atoms with Crippen LogP contribution in [0.15, 0.2) is 53.1 Å². The summed E-state index contributed by atoms with van der Waals surface area (Å²) in [4.78, 5) is 18.3. The monoisotopic (exact) mass is 388 g/mol. The molecular weight excluding hydrogens is 371 g/mol. The molecular formula is C20H18ClFN2O3. The second-order valence-corrected chi connectivity index (χ2v) is 6.48. The molecule has 0 aliphatic heterocycles. The number of benzene rings is 2. The van der Waals surface area contributed by atoms with Crippen LogP contribution in [0.5, 0.6) is 5.75 Å². The smallest absolute Gasteiger partial charge is 0.275 e. The first-order chi connectivity index (χ1) is 12.9. The van der Waals surface area contributed by atoms with Gasteiger partial charge in [0.25, 0.3) is 5.91 Å². The van der Waals surface area contributed by atoms with Crippen molar-refractivity contribution in [2.24, 2.45) is 0 Å². The number of carbonyl (C=O) groups excluding carboxylic acids is 1. The van der Waals surface area contributed by atoms with Gasteiger partial charge in [-0.2, -0.15) is 0 Å². The SMILES string of the molecule is Cc1ccccc1CN(C)C(=O)c1coc(COc2ccc(F)cc2Cl)n1. The van der Waals surface area contributed by atoms with E-state index in [-0.39, 0.29) is 29.1 Å². The van der Waals surface area contributed by atoms with Crippen molar-refractivity contribution in [3.05, 3.63) is 82.3 Å². The van der Waals surface area contributed by atoms with E-state index >= 15 is 0 Å². The lowest BCUT2D eigenvalue weighted by Crippen LogP contribution is -2.26. The first-order valence-electron chi connectivity index (χ1n) is 8.26. The fourth-order valence-electron chi connectivity index (χ4n) is 2.52. The van der Waals surface area contributed by atoms with Crippen LogP contribution >= 0.6 is 11.6 Å². The van der Waals surface area contributed by atoms with Crippen molar-refractivity contribution in [2.75, 3.05) is 7.05 Å². The van der Waals surface area contributed by atoms with Gasteiger partial charge in [-0.15, -0.1) is 0 Å². The van der Waals surface area contributed by atoms with Crippen molar-refractivity contribution in [3.63, 3.8) is 0 Å². The molecule has 3 aromatic rings. The van der Waals surface area contributed by atoms with Gasteiger partial charge in [-0.05, 0) is 36.2 Å². The summed E-state index contributed by atoms with van der Waals surface area (Å²) in [5, 5.41) is 0.149. The van der Waals surface area contributed by atoms with E-state index in [0.717, 1.165) is 17.2 Å². The Kier molecular flexibility index (Phi) is 5.76. The van der Waals surface area contributed by atoms with Crippen molar-refractivity contribution in [3.8, 4) is 5.75 Å². The minimum Gasteiger partial charge on any atom is -0.482 e. The molecule has 0 aliphatic carbocycles. The van der Waals surface area contributed by atoms with Crippen LogP contribution in [-0.2, 0) is 13.2 Å². The highest BCUT2D eigenvalue weighted by Gasteiger charge is 2.18. The molecule has 140 valence electrons. The van der Waals surface area contributed by atoms with Crippen molar-refractivity contribution in [1.29, 1.82) is 0 Å². The van der Waals surface area contributed by atoms with Gasteiger partial charge in [0, 0.05) is 13.6 Å². The number of aryl methyl sites for hydroxylation is 1. The normalized spacial score (nSPS) is 10.7. The van der Waals surface area contributed by atoms with Crippen LogP contribution in [0.3, 0.4) is 0 Å². The molecule has 7 heteroatoms. The third-order valence-electron chi connectivity index (χ3n) is 4.03. The second kappa shape index (κ2) is 8.22. The highest BCUT2D eigenvalue weighted by Crippen LogP contribution is 2.25. The predicted molar refractivity (Wildman–Crippen MR) is 99.2 cm³/mol. The van der Waals surface area contributed by atoms with Crippen LogP contribution in [-0.4, -0.2) is 22.8 Å². The van der Waals surface area contributed by atoms with Crippen LogP contribution in [0, 0.1) is 12.7 Å². The lowest BCUT2D eigenvalue weighted by atomic mass is 10.1. The molecule has 0 radical (unpaired) electrons. The van der Waals surface area contributed by atoms with E-state index in [4.69, 9.17) is 20.8 Å². The average Bonchev–Trinajstić information content (AvgIpc) is 3.11. The molecule has 3 rings (SSSR count). The Labute approximate surface area is 161 Å². The number of nitrogens with zero attached hydrogens (tertiary/aromatic N) is 2. The van der Waals surface area contributed by atoms with Gasteiger partial charge in [0.15, 0.2) is 12.3 Å². The topological polar surface area (TPSA) is 55.6 Å². The summed E-state index contributed by atoms with van der Waals surface area (Å²) in [5.41, 5.74) is 2.36. The number of rotatable bonds is 6. The summed E-state index contributed by atoms with van der Waals surface area (Å²) in [7, 11) is 1.71. The van der Waals surface area contributed by atoms with Crippen molar-refractivity contribution >= 4 is 17.5 Å². The quantitative estimate of drug-likeness (QED) is 0.618. The lowest BCUT2D eigenvalue weighted by molar-refractivity contribution is 0.0779. The van der Waals surface area contributed by atoms with Crippen LogP contribution in [0.1, 0.15) is 27.5 Å². The Morgan fingerprint density at radius 2 is 2.07 bits per heavy atom. The molecule has 1 heterocycles. The first-order valence-corrected chi connectivity index (χ1v) is 8.64. The van der Waals surface area contributed by atoms with Gasteiger partial charge in [-0.25, -0.2) is 9.37 Å². The second-order valence-electron chi connectivity index (χ2n) is 6.08. The fourth-order valence-corrected chi connectivity index (χ4v) is 2.74. The molecule has 0 unspecified atom stereocenters. The molecule has 0 atom stereocenters. The third-order valence-corrected chi connectivity index (χ3v) is 4.33. The maximum absolute atomic E-state index is 13.0. The van der Waals surface area contributed by atoms with E-state index in [2.05, 4.69) is 4.98 Å². The van der Waals surface area contributed by atoms with Crippen molar-refractivity contribution < 1.29 is 18.3 Å². The summed E-state index contributed by atoms with van der Waals surface area (Å²) in [5.74, 6) is -0.176. The third kappa shape index (κ3) is 4.65. The Balaban J connectivity index is 1.62. The summed E-state index contributed by atoms with van der Waals surface area (Å²) in [6.45, 7) is 2.44. The minimum absolute atomic E-state index is 0.0276. The van der Waals surface area contributed by atoms with Gasteiger partial charge >= 0.3 is 0 Å². The molecule has 1 aromatic heterocycles. The van der Waals surface area contributed by atoms with Crippen molar-refractivity contribution in [1.82, 2.24) is 9.88 Å². The number of aromatic nitrogens is 1. The maximum Gasteiger partial charge on any atom is 0.275 e. The van der Waals surface area contributed by atoms with Gasteiger partial charge in [0.05, 0.1) is 5.02 Å². The zero-order chi connectivity index (χ0) is 19.4. The first kappa shape index (κ1) is 18.9. The standard InChI is InChI=1S/C20H18ClFN2O3/c1-13-5-3-4-6-14(13)10-24(2)20(25)17-11-27-19(23-17)12-26-18-8-7-15(22)9-16(18)21/h3-9,11H,10,12H2,1-2H3. The van der Waals surface area contributed by atoms with E-state index in [1.807, 2.05) is 31.2 Å². The Bertz CT molecular complexity index is 958. The molecule has 27 heavy (non-hydrogen) atoms. The summed E-state index contributed by atoms with van der Waals surface area (Å²) >= 11 is 5.91. The summed E-state index contributed by atoms with van der Waals surface area (Å²) in [6, 6.07) is 11.7. The highest BCUT2D eigenvalue weighted by atomic mass is 35.5. The van der Waals surface area contributed by atoms with Crippen molar-refractivity contribution in [2.45, 2.75) is 20.1 Å². The Morgan fingerprint density at radius 1 is 1.30 bits per heavy atom. The number of carbonyl (C=O) groups is 1. The molecule has 2 aromatic carbocycles. The zero-order valence-corrected chi connectivity index (χ0v) is 15.7. The van der Waals surface area contributed by atoms with Gasteiger partial charge < -0.3 is 14.1 Å². The molecule has 0 fully saturated rings. The van der Waals surface area contributed by atoms with E-state index in [1.165, 1.54) is 18.4 Å². The molecule has 1 amide bonds. The number of hydrogen-bond acceptors (Lipinski definition) is 4. The number of amides is 1. The van der Waals surface area contributed by atoms with Gasteiger partial charge in [-0.1, -0.05) is 35.9 Å². The molecule has 0 saturated heterocycles. The fraction of sp³-hybridized carbons (Fsp3) is 0.200. The predicted octanol–water partition coefficient (Wildman–Crippen LogP) is 4.63. The van der Waals surface area contributed by atoms with E-state index in [0.29, 0.717) is 12.3 Å². The highest BCUT2D eigenvalue weighted by molar-refractivity contribution is 6.32. The zero-order valence-electron chi connectivity index (χ0n) is 14.9. The van der Waals surface area contributed by atoms with Crippen LogP contribution < -0.4 is 4.74 Å². The molecule has 0 N–H and O–H groups in total. The van der Waals surface area contributed by atoms with E-state index in [1.54, 1.807) is 11.9 Å². The van der Waals surface area contributed by atoms with Crippen LogP contribution in [0.25, 0.3) is 0 Å². The molecule has 0 bridgehead atoms. The van der Waals surface area contributed by atoms with Gasteiger partial charge in [0.2, 0.25) is 5.89 Å². The lowest BCUT2D eigenvalue weighted by Gasteiger charge is -2.17. The molecule has 0 spiro atoms. The molecule has 5 nitrogen and oxygen atoms in total. The Morgan fingerprint density at radius 3 is 2.81 bits per heavy atom. The van der Waals surface area contributed by atoms with Crippen LogP contribution in [0.2, 0.25) is 5.02 Å². The molecule has 0 saturated carbocycles. The van der Waals surface area contributed by atoms with Gasteiger partial charge in [0.1, 0.15) is 17.8 Å². The van der Waals surface area contributed by atoms with E-state index < -0.39 is 5.82 Å². The maximum atomic E-state index is 13.0. The Hall–Kier alpha value is -2.86. The average molecular weight is 389 g/mol. The number of hydrogen-bond donors (Lipinski definition) is 0. The summed E-state index contributed by atoms with van der Waals surface area (Å²) < 4.78 is 23.8. The molecule has 0 aliphatic rings. The summed E-state index contributed by atoms with van der Waals surface area (Å²) in [6.07, 6.45) is 1.29. The number of oxazole rings is 1. The van der Waals surface area contributed by atoms with Gasteiger partial charge in [-0.3, -0.25) is 4.79 Å². The van der Waals surface area contributed by atoms with E-state index in [9.17, 15) is 9.18 Å². The minimum atomic E-state index is -0.451. The number of ether oxygens (including phenoxy) is 1. The van der Waals surface area contributed by atoms with Crippen LogP contribution in [0.4, 0.5) is 4.39 Å². The number of halogens is 2.